The maximum absolute atomic E-state index is 12.4. The minimum Gasteiger partial charge on any atom is -0.394 e. The monoisotopic (exact) mass is 304 g/mol. The number of hydrogen-bond acceptors (Lipinski definition) is 3. The standard InChI is InChI=1S/C18H28N2O2/c1-14-8-6-7-11-17(14)20(2)18(22)12-19-16(13-21)15-9-4-3-5-10-15/h3-5,9-10,14,16-17,19,21H,6-8,11-13H2,1-2H3. The van der Waals surface area contributed by atoms with Crippen LogP contribution in [0.4, 0.5) is 0 Å². The van der Waals surface area contributed by atoms with E-state index in [2.05, 4.69) is 12.2 Å². The van der Waals surface area contributed by atoms with Crippen molar-refractivity contribution in [2.45, 2.75) is 44.7 Å². The minimum absolute atomic E-state index is 0.0131. The summed E-state index contributed by atoms with van der Waals surface area (Å²) < 4.78 is 0. The smallest absolute Gasteiger partial charge is 0.236 e. The van der Waals surface area contributed by atoms with E-state index in [9.17, 15) is 9.90 Å². The average Bonchev–Trinajstić information content (AvgIpc) is 2.56. The Kier molecular flexibility index (Phi) is 6.40. The molecular weight excluding hydrogens is 276 g/mol. The molecule has 1 fully saturated rings. The largest absolute Gasteiger partial charge is 0.394 e. The molecule has 1 amide bonds. The highest BCUT2D eigenvalue weighted by molar-refractivity contribution is 5.78. The molecule has 1 aromatic rings. The Labute approximate surface area is 133 Å². The van der Waals surface area contributed by atoms with Crippen molar-refractivity contribution in [3.63, 3.8) is 0 Å². The zero-order chi connectivity index (χ0) is 15.9. The molecule has 122 valence electrons. The summed E-state index contributed by atoms with van der Waals surface area (Å²) in [7, 11) is 1.91. The Morgan fingerprint density at radius 3 is 2.64 bits per heavy atom. The Morgan fingerprint density at radius 2 is 2.00 bits per heavy atom. The fraction of sp³-hybridized carbons (Fsp3) is 0.611. The number of rotatable bonds is 6. The molecular formula is C18H28N2O2. The van der Waals surface area contributed by atoms with Crippen molar-refractivity contribution in [2.75, 3.05) is 20.2 Å². The zero-order valence-corrected chi connectivity index (χ0v) is 13.7. The second-order valence-electron chi connectivity index (χ2n) is 6.36. The molecule has 1 aliphatic rings. The molecule has 0 radical (unpaired) electrons. The molecule has 3 atom stereocenters. The van der Waals surface area contributed by atoms with Gasteiger partial charge in [-0.3, -0.25) is 10.1 Å². The van der Waals surface area contributed by atoms with E-state index in [1.54, 1.807) is 0 Å². The van der Waals surface area contributed by atoms with Gasteiger partial charge >= 0.3 is 0 Å². The summed E-state index contributed by atoms with van der Waals surface area (Å²) >= 11 is 0. The van der Waals surface area contributed by atoms with Gasteiger partial charge < -0.3 is 10.0 Å². The van der Waals surface area contributed by atoms with Crippen LogP contribution < -0.4 is 5.32 Å². The van der Waals surface area contributed by atoms with Crippen molar-refractivity contribution < 1.29 is 9.90 Å². The first-order valence-corrected chi connectivity index (χ1v) is 8.28. The summed E-state index contributed by atoms with van der Waals surface area (Å²) in [6.45, 7) is 2.49. The number of amides is 1. The van der Waals surface area contributed by atoms with Gasteiger partial charge in [-0.15, -0.1) is 0 Å². The Morgan fingerprint density at radius 1 is 1.32 bits per heavy atom. The molecule has 0 heterocycles. The van der Waals surface area contributed by atoms with Gasteiger partial charge in [0.2, 0.25) is 5.91 Å². The van der Waals surface area contributed by atoms with Crippen LogP contribution in [-0.4, -0.2) is 42.2 Å². The quantitative estimate of drug-likeness (QED) is 0.848. The lowest BCUT2D eigenvalue weighted by Gasteiger charge is -2.36. The fourth-order valence-electron chi connectivity index (χ4n) is 3.37. The van der Waals surface area contributed by atoms with Crippen molar-refractivity contribution >= 4 is 5.91 Å². The van der Waals surface area contributed by atoms with Crippen LogP contribution in [0.15, 0.2) is 30.3 Å². The van der Waals surface area contributed by atoms with E-state index in [0.29, 0.717) is 12.0 Å². The van der Waals surface area contributed by atoms with Crippen LogP contribution in [0.5, 0.6) is 0 Å². The van der Waals surface area contributed by atoms with Crippen molar-refractivity contribution in [3.05, 3.63) is 35.9 Å². The number of hydrogen-bond donors (Lipinski definition) is 2. The van der Waals surface area contributed by atoms with Gasteiger partial charge in [0.15, 0.2) is 0 Å². The van der Waals surface area contributed by atoms with Gasteiger partial charge in [0, 0.05) is 13.1 Å². The van der Waals surface area contributed by atoms with Crippen molar-refractivity contribution in [1.29, 1.82) is 0 Å². The van der Waals surface area contributed by atoms with E-state index < -0.39 is 0 Å². The summed E-state index contributed by atoms with van der Waals surface area (Å²) in [6, 6.07) is 9.92. The number of aliphatic hydroxyl groups excluding tert-OH is 1. The molecule has 3 unspecified atom stereocenters. The molecule has 2 rings (SSSR count). The molecule has 1 aliphatic carbocycles. The molecule has 0 bridgehead atoms. The van der Waals surface area contributed by atoms with Crippen LogP contribution in [0.3, 0.4) is 0 Å². The summed E-state index contributed by atoms with van der Waals surface area (Å²) in [4.78, 5) is 14.3. The second-order valence-corrected chi connectivity index (χ2v) is 6.36. The first kappa shape index (κ1) is 17.0. The minimum atomic E-state index is -0.192. The maximum atomic E-state index is 12.4. The highest BCUT2D eigenvalue weighted by Gasteiger charge is 2.27. The summed E-state index contributed by atoms with van der Waals surface area (Å²) in [5.41, 5.74) is 1.01. The molecule has 22 heavy (non-hydrogen) atoms. The van der Waals surface area contributed by atoms with Crippen molar-refractivity contribution in [3.8, 4) is 0 Å². The molecule has 0 aliphatic heterocycles. The predicted molar refractivity (Wildman–Crippen MR) is 88.5 cm³/mol. The molecule has 1 aromatic carbocycles. The van der Waals surface area contributed by atoms with E-state index >= 15 is 0 Å². The Balaban J connectivity index is 1.88. The first-order chi connectivity index (χ1) is 10.6. The van der Waals surface area contributed by atoms with Crippen molar-refractivity contribution in [1.82, 2.24) is 10.2 Å². The van der Waals surface area contributed by atoms with Crippen LogP contribution in [0, 0.1) is 5.92 Å². The lowest BCUT2D eigenvalue weighted by atomic mass is 9.85. The summed E-state index contributed by atoms with van der Waals surface area (Å²) in [5, 5.41) is 12.7. The first-order valence-electron chi connectivity index (χ1n) is 8.28. The van der Waals surface area contributed by atoms with Gasteiger partial charge in [-0.2, -0.15) is 0 Å². The van der Waals surface area contributed by atoms with E-state index in [1.807, 2.05) is 42.3 Å². The molecule has 2 N–H and O–H groups in total. The molecule has 0 aromatic heterocycles. The number of likely N-dealkylation sites (N-methyl/N-ethyl adjacent to an activating group) is 1. The second kappa shape index (κ2) is 8.30. The van der Waals surface area contributed by atoms with Gasteiger partial charge in [-0.05, 0) is 24.3 Å². The van der Waals surface area contributed by atoms with E-state index in [4.69, 9.17) is 0 Å². The highest BCUT2D eigenvalue weighted by atomic mass is 16.3. The van der Waals surface area contributed by atoms with E-state index in [0.717, 1.165) is 12.0 Å². The SMILES string of the molecule is CC1CCCCC1N(C)C(=O)CNC(CO)c1ccccc1. The van der Waals surface area contributed by atoms with Crippen LogP contribution in [-0.2, 0) is 4.79 Å². The van der Waals surface area contributed by atoms with Gasteiger partial charge in [0.25, 0.3) is 0 Å². The number of nitrogens with one attached hydrogen (secondary N) is 1. The summed E-state index contributed by atoms with van der Waals surface area (Å²) in [6.07, 6.45) is 4.80. The average molecular weight is 304 g/mol. The van der Waals surface area contributed by atoms with Crippen LogP contribution >= 0.6 is 0 Å². The number of benzene rings is 1. The zero-order valence-electron chi connectivity index (χ0n) is 13.7. The Hall–Kier alpha value is -1.39. The molecule has 1 saturated carbocycles. The van der Waals surface area contributed by atoms with Gasteiger partial charge in [0.05, 0.1) is 19.2 Å². The molecule has 0 spiro atoms. The normalized spacial score (nSPS) is 23.0. The number of carbonyl (C=O) groups is 1. The van der Waals surface area contributed by atoms with Crippen molar-refractivity contribution in [2.24, 2.45) is 5.92 Å². The van der Waals surface area contributed by atoms with Gasteiger partial charge in [-0.25, -0.2) is 0 Å². The number of aliphatic hydroxyl groups is 1. The van der Waals surface area contributed by atoms with Gasteiger partial charge in [-0.1, -0.05) is 50.1 Å². The number of carbonyl (C=O) groups excluding carboxylic acids is 1. The van der Waals surface area contributed by atoms with Crippen LogP contribution in [0.2, 0.25) is 0 Å². The molecule has 4 heteroatoms. The molecule has 4 nitrogen and oxygen atoms in total. The molecule has 0 saturated heterocycles. The van der Waals surface area contributed by atoms with Gasteiger partial charge in [0.1, 0.15) is 0 Å². The third-order valence-corrected chi connectivity index (χ3v) is 4.84. The van der Waals surface area contributed by atoms with Crippen LogP contribution in [0.1, 0.15) is 44.2 Å². The highest BCUT2D eigenvalue weighted by Crippen LogP contribution is 2.27. The topological polar surface area (TPSA) is 52.6 Å². The lowest BCUT2D eigenvalue weighted by molar-refractivity contribution is -0.132. The Bertz CT molecular complexity index is 463. The third-order valence-electron chi connectivity index (χ3n) is 4.84. The third kappa shape index (κ3) is 4.31. The maximum Gasteiger partial charge on any atom is 0.236 e. The van der Waals surface area contributed by atoms with E-state index in [1.165, 1.54) is 19.3 Å². The lowest BCUT2D eigenvalue weighted by Crippen LogP contribution is -2.46. The number of nitrogens with zero attached hydrogens (tertiary/aromatic N) is 1. The predicted octanol–water partition coefficient (Wildman–Crippen LogP) is 2.35. The van der Waals surface area contributed by atoms with Crippen LogP contribution in [0.25, 0.3) is 0 Å². The fourth-order valence-corrected chi connectivity index (χ4v) is 3.37. The summed E-state index contributed by atoms with van der Waals surface area (Å²) in [5.74, 6) is 0.679. The van der Waals surface area contributed by atoms with E-state index in [-0.39, 0.29) is 25.1 Å².